The van der Waals surface area contributed by atoms with Crippen molar-refractivity contribution < 1.29 is 27.1 Å². The van der Waals surface area contributed by atoms with E-state index in [0.717, 1.165) is 0 Å². The van der Waals surface area contributed by atoms with Crippen LogP contribution >= 0.6 is 0 Å². The number of anilines is 1. The Hall–Kier alpha value is -2.85. The van der Waals surface area contributed by atoms with Crippen molar-refractivity contribution in [2.75, 3.05) is 57.6 Å². The van der Waals surface area contributed by atoms with E-state index in [1.165, 1.54) is 24.6 Å². The molecular weight excluding hydrogens is 425 g/mol. The summed E-state index contributed by atoms with van der Waals surface area (Å²) < 4.78 is 51.1. The van der Waals surface area contributed by atoms with Crippen LogP contribution < -0.4 is 19.7 Å². The summed E-state index contributed by atoms with van der Waals surface area (Å²) in [6, 6.07) is 11.3. The van der Waals surface area contributed by atoms with E-state index in [4.69, 9.17) is 9.47 Å². The molecule has 0 spiro atoms. The Bertz CT molecular complexity index is 1020. The quantitative estimate of drug-likeness (QED) is 0.658. The maximum absolute atomic E-state index is 14.0. The third kappa shape index (κ3) is 5.26. The Morgan fingerprint density at radius 2 is 1.74 bits per heavy atom. The molecule has 0 aliphatic carbocycles. The van der Waals surface area contributed by atoms with E-state index < -0.39 is 15.9 Å². The summed E-state index contributed by atoms with van der Waals surface area (Å²) in [5.74, 6) is -0.306. The van der Waals surface area contributed by atoms with Gasteiger partial charge in [0, 0.05) is 32.7 Å². The van der Waals surface area contributed by atoms with Gasteiger partial charge in [0.1, 0.15) is 5.82 Å². The van der Waals surface area contributed by atoms with E-state index in [2.05, 4.69) is 5.32 Å². The minimum atomic E-state index is -3.56. The molecule has 0 unspecified atom stereocenters. The monoisotopic (exact) mass is 451 g/mol. The molecule has 1 fully saturated rings. The van der Waals surface area contributed by atoms with E-state index in [1.54, 1.807) is 36.4 Å². The van der Waals surface area contributed by atoms with E-state index in [1.807, 2.05) is 4.90 Å². The third-order valence-electron chi connectivity index (χ3n) is 5.12. The highest BCUT2D eigenvalue weighted by molar-refractivity contribution is 7.89. The summed E-state index contributed by atoms with van der Waals surface area (Å²) >= 11 is 0. The second-order valence-corrected chi connectivity index (χ2v) is 9.04. The standard InChI is InChI=1S/C21H26FN3O5S/c1-29-19-9-5-6-16(20(19)30-2)21(26)23-10-15-31(27,28)25-13-11-24(12-14-25)18-8-4-3-7-17(18)22/h3-9H,10-15H2,1-2H3,(H,23,26). The number of piperazine rings is 1. The highest BCUT2D eigenvalue weighted by Gasteiger charge is 2.28. The largest absolute Gasteiger partial charge is 0.493 e. The van der Waals surface area contributed by atoms with Crippen molar-refractivity contribution in [3.8, 4) is 11.5 Å². The molecule has 31 heavy (non-hydrogen) atoms. The minimum Gasteiger partial charge on any atom is -0.493 e. The normalized spacial score (nSPS) is 14.9. The van der Waals surface area contributed by atoms with Gasteiger partial charge in [-0.15, -0.1) is 0 Å². The van der Waals surface area contributed by atoms with Crippen LogP contribution in [0.2, 0.25) is 0 Å². The molecule has 1 saturated heterocycles. The van der Waals surface area contributed by atoms with Gasteiger partial charge in [-0.2, -0.15) is 4.31 Å². The number of rotatable bonds is 8. The molecule has 0 bridgehead atoms. The number of para-hydroxylation sites is 2. The molecule has 168 valence electrons. The van der Waals surface area contributed by atoms with Crippen LogP contribution in [0.3, 0.4) is 0 Å². The molecule has 8 nitrogen and oxygen atoms in total. The first-order valence-electron chi connectivity index (χ1n) is 9.84. The number of hydrogen-bond donors (Lipinski definition) is 1. The van der Waals surface area contributed by atoms with Gasteiger partial charge in [-0.25, -0.2) is 12.8 Å². The number of nitrogens with zero attached hydrogens (tertiary/aromatic N) is 2. The maximum Gasteiger partial charge on any atom is 0.255 e. The highest BCUT2D eigenvalue weighted by Crippen LogP contribution is 2.30. The molecule has 1 N–H and O–H groups in total. The van der Waals surface area contributed by atoms with Crippen LogP contribution in [0.15, 0.2) is 42.5 Å². The zero-order chi connectivity index (χ0) is 22.4. The van der Waals surface area contributed by atoms with Crippen LogP contribution in [0, 0.1) is 5.82 Å². The number of hydrogen-bond acceptors (Lipinski definition) is 6. The smallest absolute Gasteiger partial charge is 0.255 e. The van der Waals surface area contributed by atoms with Crippen molar-refractivity contribution in [3.05, 3.63) is 53.8 Å². The predicted octanol–water partition coefficient (Wildman–Crippen LogP) is 1.72. The van der Waals surface area contributed by atoms with Gasteiger partial charge in [0.2, 0.25) is 10.0 Å². The number of amides is 1. The Kier molecular flexibility index (Phi) is 7.34. The first-order valence-corrected chi connectivity index (χ1v) is 11.4. The van der Waals surface area contributed by atoms with Crippen molar-refractivity contribution >= 4 is 21.6 Å². The summed E-state index contributed by atoms with van der Waals surface area (Å²) in [5, 5.41) is 2.62. The number of ether oxygens (including phenoxy) is 2. The molecule has 3 rings (SSSR count). The van der Waals surface area contributed by atoms with E-state index in [9.17, 15) is 17.6 Å². The first kappa shape index (κ1) is 22.8. The van der Waals surface area contributed by atoms with E-state index >= 15 is 0 Å². The maximum atomic E-state index is 14.0. The lowest BCUT2D eigenvalue weighted by atomic mass is 10.1. The number of carbonyl (C=O) groups excluding carboxylic acids is 1. The number of methoxy groups -OCH3 is 2. The molecule has 1 aliphatic heterocycles. The van der Waals surface area contributed by atoms with Gasteiger partial charge < -0.3 is 19.7 Å². The molecule has 0 saturated carbocycles. The fourth-order valence-electron chi connectivity index (χ4n) is 3.50. The Balaban J connectivity index is 1.54. The van der Waals surface area contributed by atoms with Crippen molar-refractivity contribution in [2.45, 2.75) is 0 Å². The van der Waals surface area contributed by atoms with E-state index in [-0.39, 0.29) is 42.5 Å². The molecule has 0 radical (unpaired) electrons. The van der Waals surface area contributed by atoms with Crippen molar-refractivity contribution in [2.24, 2.45) is 0 Å². The molecular formula is C21H26FN3O5S. The summed E-state index contributed by atoms with van der Waals surface area (Å²) in [7, 11) is -0.662. The van der Waals surface area contributed by atoms with Crippen LogP contribution in [-0.4, -0.2) is 71.3 Å². The fraction of sp³-hybridized carbons (Fsp3) is 0.381. The molecule has 10 heteroatoms. The number of sulfonamides is 1. The average Bonchev–Trinajstić information content (AvgIpc) is 2.78. The molecule has 1 heterocycles. The van der Waals surface area contributed by atoms with E-state index in [0.29, 0.717) is 24.5 Å². The molecule has 2 aromatic rings. The van der Waals surface area contributed by atoms with Crippen LogP contribution in [0.5, 0.6) is 11.5 Å². The number of nitrogens with one attached hydrogen (secondary N) is 1. The van der Waals surface area contributed by atoms with Crippen LogP contribution in [-0.2, 0) is 10.0 Å². The summed E-state index contributed by atoms with van der Waals surface area (Å²) in [4.78, 5) is 14.3. The van der Waals surface area contributed by atoms with Gasteiger partial charge in [-0.3, -0.25) is 4.79 Å². The summed E-state index contributed by atoms with van der Waals surface area (Å²) in [6.45, 7) is 1.26. The molecule has 0 atom stereocenters. The van der Waals surface area contributed by atoms with Crippen molar-refractivity contribution in [3.63, 3.8) is 0 Å². The van der Waals surface area contributed by atoms with Crippen LogP contribution in [0.25, 0.3) is 0 Å². The first-order chi connectivity index (χ1) is 14.9. The number of carbonyl (C=O) groups is 1. The SMILES string of the molecule is COc1cccc(C(=O)NCCS(=O)(=O)N2CCN(c3ccccc3F)CC2)c1OC. The Labute approximate surface area is 181 Å². The van der Waals surface area contributed by atoms with Gasteiger partial charge in [-0.1, -0.05) is 18.2 Å². The lowest BCUT2D eigenvalue weighted by Gasteiger charge is -2.35. The van der Waals surface area contributed by atoms with Crippen molar-refractivity contribution in [1.82, 2.24) is 9.62 Å². The second kappa shape index (κ2) is 9.97. The summed E-state index contributed by atoms with van der Waals surface area (Å²) in [6.07, 6.45) is 0. The Morgan fingerprint density at radius 1 is 1.03 bits per heavy atom. The lowest BCUT2D eigenvalue weighted by molar-refractivity contribution is 0.0952. The average molecular weight is 452 g/mol. The molecule has 2 aromatic carbocycles. The second-order valence-electron chi connectivity index (χ2n) is 6.95. The van der Waals surface area contributed by atoms with Gasteiger partial charge in [0.25, 0.3) is 5.91 Å². The molecule has 1 aliphatic rings. The topological polar surface area (TPSA) is 88.2 Å². The lowest BCUT2D eigenvalue weighted by Crippen LogP contribution is -2.50. The van der Waals surface area contributed by atoms with Gasteiger partial charge >= 0.3 is 0 Å². The Morgan fingerprint density at radius 3 is 2.39 bits per heavy atom. The number of halogens is 1. The zero-order valence-electron chi connectivity index (χ0n) is 17.5. The van der Waals surface area contributed by atoms with Gasteiger partial charge in [0.15, 0.2) is 11.5 Å². The number of benzene rings is 2. The zero-order valence-corrected chi connectivity index (χ0v) is 18.3. The highest BCUT2D eigenvalue weighted by atomic mass is 32.2. The summed E-state index contributed by atoms with van der Waals surface area (Å²) in [5.41, 5.74) is 0.733. The molecule has 1 amide bonds. The molecule has 0 aromatic heterocycles. The minimum absolute atomic E-state index is 0.0466. The fourth-order valence-corrected chi connectivity index (χ4v) is 4.84. The predicted molar refractivity (Wildman–Crippen MR) is 116 cm³/mol. The third-order valence-corrected chi connectivity index (χ3v) is 6.99. The van der Waals surface area contributed by atoms with Crippen molar-refractivity contribution in [1.29, 1.82) is 0 Å². The van der Waals surface area contributed by atoms with Crippen LogP contribution in [0.1, 0.15) is 10.4 Å². The van der Waals surface area contributed by atoms with Crippen LogP contribution in [0.4, 0.5) is 10.1 Å². The van der Waals surface area contributed by atoms with Gasteiger partial charge in [-0.05, 0) is 24.3 Å². The van der Waals surface area contributed by atoms with Gasteiger partial charge in [0.05, 0.1) is 31.2 Å².